The van der Waals surface area contributed by atoms with Crippen LogP contribution in [0.25, 0.3) is 0 Å². The first-order valence-electron chi connectivity index (χ1n) is 10.3. The van der Waals surface area contributed by atoms with E-state index in [1.54, 1.807) is 17.0 Å². The summed E-state index contributed by atoms with van der Waals surface area (Å²) in [5.74, 6) is 0.806. The number of hydrogen-bond acceptors (Lipinski definition) is 6. The van der Waals surface area contributed by atoms with Gasteiger partial charge in [0.15, 0.2) is 11.5 Å². The zero-order chi connectivity index (χ0) is 21.8. The number of amides is 2. The Bertz CT molecular complexity index is 697. The number of carbonyl (C=O) groups is 2. The van der Waals surface area contributed by atoms with E-state index in [1.165, 1.54) is 0 Å². The molecule has 0 bridgehead atoms. The summed E-state index contributed by atoms with van der Waals surface area (Å²) in [5.41, 5.74) is -0.181. The number of rotatable bonds is 5. The third kappa shape index (κ3) is 6.58. The van der Waals surface area contributed by atoms with Gasteiger partial charge in [-0.2, -0.15) is 0 Å². The van der Waals surface area contributed by atoms with Gasteiger partial charge in [-0.05, 0) is 65.5 Å². The standard InChI is InChI=1S/C21H35N5O3/c1-15(2)26(20(28)29-21(3,4)5)14-16-9-8-12-25(13-16)19(27)17-10-11-18(23-22-17)24(6)7/h10-11,15-16H,8-9,12-14H2,1-7H3. The highest BCUT2D eigenvalue weighted by Gasteiger charge is 2.30. The van der Waals surface area contributed by atoms with Crippen LogP contribution in [0.2, 0.25) is 0 Å². The molecule has 1 unspecified atom stereocenters. The van der Waals surface area contributed by atoms with E-state index in [2.05, 4.69) is 10.2 Å². The topological polar surface area (TPSA) is 78.9 Å². The number of anilines is 1. The van der Waals surface area contributed by atoms with Gasteiger partial charge in [-0.3, -0.25) is 4.79 Å². The molecule has 0 aliphatic carbocycles. The van der Waals surface area contributed by atoms with E-state index in [-0.39, 0.29) is 24.0 Å². The third-order valence-electron chi connectivity index (χ3n) is 4.84. The quantitative estimate of drug-likeness (QED) is 0.749. The molecule has 0 aromatic carbocycles. The van der Waals surface area contributed by atoms with Crippen LogP contribution in [0, 0.1) is 5.92 Å². The summed E-state index contributed by atoms with van der Waals surface area (Å²) in [7, 11) is 3.76. The summed E-state index contributed by atoms with van der Waals surface area (Å²) in [6, 6.07) is 3.54. The lowest BCUT2D eigenvalue weighted by molar-refractivity contribution is 0.0123. The molecule has 1 aliphatic heterocycles. The molecule has 1 aromatic heterocycles. The second-order valence-corrected chi connectivity index (χ2v) is 9.16. The molecular weight excluding hydrogens is 370 g/mol. The van der Waals surface area contributed by atoms with Gasteiger partial charge in [-0.1, -0.05) is 0 Å². The van der Waals surface area contributed by atoms with Crippen molar-refractivity contribution in [3.05, 3.63) is 17.8 Å². The number of aromatic nitrogens is 2. The first-order valence-corrected chi connectivity index (χ1v) is 10.3. The molecule has 29 heavy (non-hydrogen) atoms. The van der Waals surface area contributed by atoms with Gasteiger partial charge in [-0.25, -0.2) is 4.79 Å². The fraction of sp³-hybridized carbons (Fsp3) is 0.714. The molecule has 0 N–H and O–H groups in total. The minimum absolute atomic E-state index is 0.0281. The predicted octanol–water partition coefficient (Wildman–Crippen LogP) is 3.04. The molecule has 8 heteroatoms. The van der Waals surface area contributed by atoms with Crippen molar-refractivity contribution in [1.29, 1.82) is 0 Å². The summed E-state index contributed by atoms with van der Waals surface area (Å²) >= 11 is 0. The van der Waals surface area contributed by atoms with E-state index in [1.807, 2.05) is 58.5 Å². The van der Waals surface area contributed by atoms with Crippen LogP contribution >= 0.6 is 0 Å². The van der Waals surface area contributed by atoms with Crippen LogP contribution in [0.3, 0.4) is 0 Å². The maximum atomic E-state index is 12.9. The second-order valence-electron chi connectivity index (χ2n) is 9.16. The van der Waals surface area contributed by atoms with E-state index >= 15 is 0 Å². The lowest BCUT2D eigenvalue weighted by Gasteiger charge is -2.37. The minimum Gasteiger partial charge on any atom is -0.444 e. The van der Waals surface area contributed by atoms with Crippen molar-refractivity contribution in [2.75, 3.05) is 38.6 Å². The highest BCUT2D eigenvalue weighted by Crippen LogP contribution is 2.22. The molecule has 1 saturated heterocycles. The van der Waals surface area contributed by atoms with Crippen LogP contribution in [0.1, 0.15) is 57.9 Å². The Hall–Kier alpha value is -2.38. The Morgan fingerprint density at radius 2 is 1.93 bits per heavy atom. The van der Waals surface area contributed by atoms with E-state index < -0.39 is 5.60 Å². The second kappa shape index (κ2) is 9.41. The van der Waals surface area contributed by atoms with E-state index in [9.17, 15) is 9.59 Å². The van der Waals surface area contributed by atoms with Crippen LogP contribution in [0.5, 0.6) is 0 Å². The van der Waals surface area contributed by atoms with Gasteiger partial charge < -0.3 is 19.4 Å². The van der Waals surface area contributed by atoms with Crippen molar-refractivity contribution < 1.29 is 14.3 Å². The van der Waals surface area contributed by atoms with Crippen molar-refractivity contribution in [1.82, 2.24) is 20.0 Å². The molecule has 1 aromatic rings. The van der Waals surface area contributed by atoms with Crippen LogP contribution in [-0.2, 0) is 4.74 Å². The number of likely N-dealkylation sites (tertiary alicyclic amines) is 1. The number of carbonyl (C=O) groups excluding carboxylic acids is 2. The molecule has 1 atom stereocenters. The van der Waals surface area contributed by atoms with Gasteiger partial charge in [0.25, 0.3) is 5.91 Å². The highest BCUT2D eigenvalue weighted by atomic mass is 16.6. The fourth-order valence-corrected chi connectivity index (χ4v) is 3.33. The van der Waals surface area contributed by atoms with Gasteiger partial charge in [0.1, 0.15) is 5.60 Å². The summed E-state index contributed by atoms with van der Waals surface area (Å²) in [5, 5.41) is 8.19. The molecule has 8 nitrogen and oxygen atoms in total. The number of ether oxygens (including phenoxy) is 1. The van der Waals surface area contributed by atoms with Crippen molar-refractivity contribution in [3.8, 4) is 0 Å². The zero-order valence-corrected chi connectivity index (χ0v) is 18.8. The predicted molar refractivity (Wildman–Crippen MR) is 113 cm³/mol. The number of nitrogens with zero attached hydrogens (tertiary/aromatic N) is 5. The van der Waals surface area contributed by atoms with E-state index in [0.29, 0.717) is 31.1 Å². The molecule has 1 fully saturated rings. The van der Waals surface area contributed by atoms with E-state index in [4.69, 9.17) is 4.74 Å². The first-order chi connectivity index (χ1) is 13.5. The average Bonchev–Trinajstić information content (AvgIpc) is 2.64. The van der Waals surface area contributed by atoms with Crippen molar-refractivity contribution in [3.63, 3.8) is 0 Å². The molecule has 2 heterocycles. The van der Waals surface area contributed by atoms with Gasteiger partial charge in [0, 0.05) is 39.8 Å². The Morgan fingerprint density at radius 1 is 1.24 bits per heavy atom. The van der Waals surface area contributed by atoms with Crippen LogP contribution < -0.4 is 4.90 Å². The Balaban J connectivity index is 2.03. The summed E-state index contributed by atoms with van der Waals surface area (Å²) < 4.78 is 5.56. The molecule has 1 aliphatic rings. The van der Waals surface area contributed by atoms with Crippen LogP contribution in [-0.4, -0.2) is 77.4 Å². The number of hydrogen-bond donors (Lipinski definition) is 0. The number of piperidine rings is 1. The molecule has 2 amide bonds. The van der Waals surface area contributed by atoms with Crippen molar-refractivity contribution in [2.24, 2.45) is 5.92 Å². The fourth-order valence-electron chi connectivity index (χ4n) is 3.33. The zero-order valence-electron chi connectivity index (χ0n) is 18.8. The first kappa shape index (κ1) is 22.9. The lowest BCUT2D eigenvalue weighted by Crippen LogP contribution is -2.48. The third-order valence-corrected chi connectivity index (χ3v) is 4.84. The average molecular weight is 406 g/mol. The van der Waals surface area contributed by atoms with Crippen LogP contribution in [0.4, 0.5) is 10.6 Å². The Morgan fingerprint density at radius 3 is 2.45 bits per heavy atom. The Kier molecular flexibility index (Phi) is 7.43. The normalized spacial score (nSPS) is 17.2. The maximum absolute atomic E-state index is 12.9. The van der Waals surface area contributed by atoms with Gasteiger partial charge in [0.05, 0.1) is 0 Å². The Labute approximate surface area is 174 Å². The maximum Gasteiger partial charge on any atom is 0.410 e. The van der Waals surface area contributed by atoms with Crippen LogP contribution in [0.15, 0.2) is 12.1 Å². The lowest BCUT2D eigenvalue weighted by atomic mass is 9.96. The molecule has 0 spiro atoms. The molecule has 0 radical (unpaired) electrons. The van der Waals surface area contributed by atoms with Gasteiger partial charge in [-0.15, -0.1) is 10.2 Å². The van der Waals surface area contributed by atoms with Crippen molar-refractivity contribution in [2.45, 2.75) is 59.1 Å². The van der Waals surface area contributed by atoms with E-state index in [0.717, 1.165) is 12.8 Å². The van der Waals surface area contributed by atoms with Gasteiger partial charge >= 0.3 is 6.09 Å². The highest BCUT2D eigenvalue weighted by molar-refractivity contribution is 5.92. The minimum atomic E-state index is -0.532. The monoisotopic (exact) mass is 405 g/mol. The van der Waals surface area contributed by atoms with Crippen molar-refractivity contribution >= 4 is 17.8 Å². The SMILES string of the molecule is CC(C)N(CC1CCCN(C(=O)c2ccc(N(C)C)nn2)C1)C(=O)OC(C)(C)C. The largest absolute Gasteiger partial charge is 0.444 e. The molecule has 162 valence electrons. The molecule has 2 rings (SSSR count). The molecular formula is C21H35N5O3. The smallest absolute Gasteiger partial charge is 0.410 e. The molecule has 0 saturated carbocycles. The summed E-state index contributed by atoms with van der Waals surface area (Å²) in [6.45, 7) is 11.4. The van der Waals surface area contributed by atoms with Gasteiger partial charge in [0.2, 0.25) is 0 Å². The summed E-state index contributed by atoms with van der Waals surface area (Å²) in [6.07, 6.45) is 1.57. The summed E-state index contributed by atoms with van der Waals surface area (Å²) in [4.78, 5) is 30.9.